The van der Waals surface area contributed by atoms with Crippen molar-refractivity contribution < 1.29 is 9.53 Å². The molecule has 22 heavy (non-hydrogen) atoms. The number of rotatable bonds is 3. The Kier molecular flexibility index (Phi) is 4.89. The molecule has 2 aromatic rings. The number of nitrogens with zero attached hydrogens (tertiary/aromatic N) is 1. The van der Waals surface area contributed by atoms with Gasteiger partial charge in [0, 0.05) is 11.8 Å². The van der Waals surface area contributed by atoms with Gasteiger partial charge in [-0.05, 0) is 42.7 Å². The molecule has 0 amide bonds. The molecular weight excluding hydrogens is 278 g/mol. The van der Waals surface area contributed by atoms with E-state index in [1.165, 1.54) is 13.3 Å². The molecule has 110 valence electrons. The second-order valence-corrected chi connectivity index (χ2v) is 4.48. The van der Waals surface area contributed by atoms with Crippen molar-refractivity contribution in [2.24, 2.45) is 0 Å². The summed E-state index contributed by atoms with van der Waals surface area (Å²) in [6.45, 7) is 1.93. The lowest BCUT2D eigenvalue weighted by Gasteiger charge is -2.02. The Labute approximate surface area is 128 Å². The zero-order valence-corrected chi connectivity index (χ0v) is 12.3. The summed E-state index contributed by atoms with van der Waals surface area (Å²) >= 11 is 0. The van der Waals surface area contributed by atoms with Gasteiger partial charge < -0.3 is 15.1 Å². The minimum Gasteiger partial charge on any atom is -0.465 e. The summed E-state index contributed by atoms with van der Waals surface area (Å²) in [6.07, 6.45) is 6.05. The Morgan fingerprint density at radius 1 is 1.41 bits per heavy atom. The normalized spacial score (nSPS) is 10.1. The van der Waals surface area contributed by atoms with Gasteiger partial charge in [-0.2, -0.15) is 0 Å². The molecule has 5 heteroatoms. The fourth-order valence-corrected chi connectivity index (χ4v) is 1.76. The lowest BCUT2D eigenvalue weighted by molar-refractivity contribution is 0.0600. The second kappa shape index (κ2) is 7.04. The lowest BCUT2D eigenvalue weighted by atomic mass is 10.1. The minimum absolute atomic E-state index is 0.386. The molecule has 1 aromatic carbocycles. The topological polar surface area (TPSA) is 78.8 Å². The number of aromatic amines is 1. The predicted octanol–water partition coefficient (Wildman–Crippen LogP) is 2.57. The van der Waals surface area contributed by atoms with Gasteiger partial charge in [0.15, 0.2) is 0 Å². The van der Waals surface area contributed by atoms with E-state index in [4.69, 9.17) is 10.1 Å². The van der Waals surface area contributed by atoms with Crippen LogP contribution in [-0.2, 0) is 4.74 Å². The number of H-pyrrole nitrogens is 1. The average Bonchev–Trinajstić information content (AvgIpc) is 2.99. The molecular formula is C17H15N3O2. The number of ether oxygens (including phenoxy) is 1. The smallest absolute Gasteiger partial charge is 0.337 e. The molecule has 2 N–H and O–H groups in total. The van der Waals surface area contributed by atoms with Crippen LogP contribution in [-0.4, -0.2) is 29.3 Å². The molecule has 0 saturated heterocycles. The van der Waals surface area contributed by atoms with E-state index in [9.17, 15) is 4.79 Å². The molecule has 0 aliphatic heterocycles. The van der Waals surface area contributed by atoms with Gasteiger partial charge in [0.1, 0.15) is 11.5 Å². The molecule has 0 spiro atoms. The van der Waals surface area contributed by atoms with Gasteiger partial charge in [-0.15, -0.1) is 0 Å². The van der Waals surface area contributed by atoms with E-state index in [1.54, 1.807) is 30.5 Å². The number of benzene rings is 1. The molecule has 0 radical (unpaired) electrons. The Morgan fingerprint density at radius 3 is 2.95 bits per heavy atom. The molecule has 0 fully saturated rings. The molecule has 0 unspecified atom stereocenters. The minimum atomic E-state index is -0.386. The first-order valence-corrected chi connectivity index (χ1v) is 6.57. The second-order valence-electron chi connectivity index (χ2n) is 4.48. The van der Waals surface area contributed by atoms with Crippen LogP contribution in [0.4, 0.5) is 0 Å². The molecule has 1 aromatic heterocycles. The van der Waals surface area contributed by atoms with Gasteiger partial charge in [-0.1, -0.05) is 12.0 Å². The quantitative estimate of drug-likeness (QED) is 0.518. The van der Waals surface area contributed by atoms with Crippen LogP contribution in [0.15, 0.2) is 30.5 Å². The molecule has 1 heterocycles. The van der Waals surface area contributed by atoms with Gasteiger partial charge in [0.05, 0.1) is 18.9 Å². The van der Waals surface area contributed by atoms with Crippen molar-refractivity contribution in [2.45, 2.75) is 6.92 Å². The highest BCUT2D eigenvalue weighted by molar-refractivity contribution is 5.89. The fourth-order valence-electron chi connectivity index (χ4n) is 1.76. The summed E-state index contributed by atoms with van der Waals surface area (Å²) in [4.78, 5) is 18.7. The van der Waals surface area contributed by atoms with Crippen LogP contribution < -0.4 is 0 Å². The number of esters is 1. The maximum atomic E-state index is 11.5. The van der Waals surface area contributed by atoms with Crippen molar-refractivity contribution in [3.8, 4) is 11.8 Å². The van der Waals surface area contributed by atoms with E-state index in [1.807, 2.05) is 13.0 Å². The SMILES string of the molecule is COC(=O)c1ccc(C)c(C#Cc2cnc(/C=C\C=N)[nH]2)c1. The van der Waals surface area contributed by atoms with E-state index in [0.29, 0.717) is 17.1 Å². The maximum Gasteiger partial charge on any atom is 0.337 e. The average molecular weight is 293 g/mol. The number of hydrogen-bond acceptors (Lipinski definition) is 4. The number of hydrogen-bond donors (Lipinski definition) is 2. The van der Waals surface area contributed by atoms with Crippen LogP contribution in [0.1, 0.15) is 33.0 Å². The fraction of sp³-hybridized carbons (Fsp3) is 0.118. The molecule has 0 bridgehead atoms. The highest BCUT2D eigenvalue weighted by atomic mass is 16.5. The largest absolute Gasteiger partial charge is 0.465 e. The van der Waals surface area contributed by atoms with Crippen molar-refractivity contribution in [3.05, 3.63) is 58.7 Å². The van der Waals surface area contributed by atoms with Crippen LogP contribution in [0.25, 0.3) is 6.08 Å². The van der Waals surface area contributed by atoms with Crippen LogP contribution >= 0.6 is 0 Å². The predicted molar refractivity (Wildman–Crippen MR) is 84.9 cm³/mol. The van der Waals surface area contributed by atoms with E-state index in [0.717, 1.165) is 11.1 Å². The summed E-state index contributed by atoms with van der Waals surface area (Å²) in [5.41, 5.74) is 2.86. The highest BCUT2D eigenvalue weighted by Crippen LogP contribution is 2.11. The molecule has 0 atom stereocenters. The van der Waals surface area contributed by atoms with Crippen molar-refractivity contribution >= 4 is 18.3 Å². The van der Waals surface area contributed by atoms with Crippen molar-refractivity contribution in [3.63, 3.8) is 0 Å². The summed E-state index contributed by atoms with van der Waals surface area (Å²) in [7, 11) is 1.35. The summed E-state index contributed by atoms with van der Waals surface area (Å²) < 4.78 is 4.71. The third-order valence-corrected chi connectivity index (χ3v) is 2.94. The first-order chi connectivity index (χ1) is 10.6. The zero-order valence-electron chi connectivity index (χ0n) is 12.3. The number of carbonyl (C=O) groups excluding carboxylic acids is 1. The number of aromatic nitrogens is 2. The number of carbonyl (C=O) groups is 1. The van der Waals surface area contributed by atoms with Gasteiger partial charge in [-0.3, -0.25) is 0 Å². The monoisotopic (exact) mass is 293 g/mol. The maximum absolute atomic E-state index is 11.5. The number of nitrogens with one attached hydrogen (secondary N) is 2. The van der Waals surface area contributed by atoms with Crippen LogP contribution in [0, 0.1) is 24.2 Å². The molecule has 2 rings (SSSR count). The Bertz CT molecular complexity index is 792. The highest BCUT2D eigenvalue weighted by Gasteiger charge is 2.06. The first-order valence-electron chi connectivity index (χ1n) is 6.57. The van der Waals surface area contributed by atoms with E-state index < -0.39 is 0 Å². The lowest BCUT2D eigenvalue weighted by Crippen LogP contribution is -2.01. The summed E-state index contributed by atoms with van der Waals surface area (Å²) in [6, 6.07) is 5.25. The molecule has 5 nitrogen and oxygen atoms in total. The zero-order chi connectivity index (χ0) is 15.9. The molecule has 0 aliphatic carbocycles. The van der Waals surface area contributed by atoms with Gasteiger partial charge in [-0.25, -0.2) is 9.78 Å². The number of methoxy groups -OCH3 is 1. The van der Waals surface area contributed by atoms with Crippen molar-refractivity contribution in [1.82, 2.24) is 9.97 Å². The number of allylic oxidation sites excluding steroid dienone is 1. The van der Waals surface area contributed by atoms with Crippen molar-refractivity contribution in [1.29, 1.82) is 5.41 Å². The van der Waals surface area contributed by atoms with E-state index in [2.05, 4.69) is 21.8 Å². The number of imidazole rings is 1. The van der Waals surface area contributed by atoms with E-state index in [-0.39, 0.29) is 5.97 Å². The first kappa shape index (κ1) is 15.3. The van der Waals surface area contributed by atoms with Crippen LogP contribution in [0.2, 0.25) is 0 Å². The summed E-state index contributed by atoms with van der Waals surface area (Å²) in [5.74, 6) is 6.24. The van der Waals surface area contributed by atoms with Crippen LogP contribution in [0.3, 0.4) is 0 Å². The molecule has 0 aliphatic rings. The summed E-state index contributed by atoms with van der Waals surface area (Å²) in [5, 5.41) is 6.93. The van der Waals surface area contributed by atoms with Crippen LogP contribution in [0.5, 0.6) is 0 Å². The van der Waals surface area contributed by atoms with E-state index >= 15 is 0 Å². The third kappa shape index (κ3) is 3.70. The van der Waals surface area contributed by atoms with Gasteiger partial charge >= 0.3 is 5.97 Å². The van der Waals surface area contributed by atoms with Gasteiger partial charge in [0.2, 0.25) is 0 Å². The molecule has 0 saturated carbocycles. The number of aryl methyl sites for hydroxylation is 1. The van der Waals surface area contributed by atoms with Crippen molar-refractivity contribution in [2.75, 3.05) is 7.11 Å². The Hall–Kier alpha value is -3.13. The van der Waals surface area contributed by atoms with Gasteiger partial charge in [0.25, 0.3) is 0 Å². The third-order valence-electron chi connectivity index (χ3n) is 2.94. The Balaban J connectivity index is 2.27. The standard InChI is InChI=1S/C17H15N3O2/c1-12-5-6-14(17(21)22-2)10-13(12)7-8-15-11-19-16(20-15)4-3-9-18/h3-6,9-11,18H,1-2H3,(H,19,20)/b4-3-,18-9?. The Morgan fingerprint density at radius 2 is 2.23 bits per heavy atom.